The lowest BCUT2D eigenvalue weighted by Crippen LogP contribution is -2.02. The zero-order chi connectivity index (χ0) is 9.84. The highest BCUT2D eigenvalue weighted by Crippen LogP contribution is 2.18. The van der Waals surface area contributed by atoms with Crippen molar-refractivity contribution in [3.05, 3.63) is 34.1 Å². The van der Waals surface area contributed by atoms with Crippen molar-refractivity contribution in [1.29, 1.82) is 0 Å². The normalized spacial score (nSPS) is 12.9. The van der Waals surface area contributed by atoms with E-state index in [4.69, 9.17) is 11.6 Å². The summed E-state index contributed by atoms with van der Waals surface area (Å²) < 4.78 is 14.1. The molecule has 0 N–H and O–H groups in total. The average molecular weight is 266 g/mol. The smallest absolute Gasteiger partial charge is 0.126 e. The number of alkyl halides is 1. The minimum absolute atomic E-state index is 0.153. The molecule has 1 unspecified atom stereocenters. The van der Waals surface area contributed by atoms with E-state index in [1.807, 2.05) is 6.92 Å². The van der Waals surface area contributed by atoms with Gasteiger partial charge in [-0.1, -0.05) is 22.9 Å². The Kier molecular flexibility index (Phi) is 4.20. The summed E-state index contributed by atoms with van der Waals surface area (Å²) >= 11 is 8.97. The van der Waals surface area contributed by atoms with Gasteiger partial charge in [0.25, 0.3) is 0 Å². The Morgan fingerprint density at radius 2 is 2.23 bits per heavy atom. The maximum absolute atomic E-state index is 13.2. The van der Waals surface area contributed by atoms with E-state index in [1.54, 1.807) is 12.1 Å². The van der Waals surface area contributed by atoms with Crippen LogP contribution < -0.4 is 0 Å². The first-order valence-electron chi connectivity index (χ1n) is 4.13. The molecule has 0 fully saturated rings. The molecule has 0 saturated carbocycles. The Bertz CT molecular complexity index is 288. The second kappa shape index (κ2) is 4.97. The van der Waals surface area contributed by atoms with Crippen molar-refractivity contribution in [3.8, 4) is 0 Å². The van der Waals surface area contributed by atoms with E-state index in [0.717, 1.165) is 10.0 Å². The fraction of sp³-hybridized carbons (Fsp3) is 0.400. The van der Waals surface area contributed by atoms with E-state index in [1.165, 1.54) is 6.07 Å². The molecule has 0 aliphatic carbocycles. The number of rotatable bonds is 3. The van der Waals surface area contributed by atoms with Gasteiger partial charge < -0.3 is 0 Å². The summed E-state index contributed by atoms with van der Waals surface area (Å²) in [5.74, 6) is 0.719. The van der Waals surface area contributed by atoms with Gasteiger partial charge in [0.05, 0.1) is 0 Å². The summed E-state index contributed by atoms with van der Waals surface area (Å²) in [6.07, 6.45) is 0.689. The Labute approximate surface area is 91.2 Å². The van der Waals surface area contributed by atoms with Crippen molar-refractivity contribution < 1.29 is 4.39 Å². The van der Waals surface area contributed by atoms with Crippen molar-refractivity contribution >= 4 is 27.5 Å². The first kappa shape index (κ1) is 11.0. The van der Waals surface area contributed by atoms with Crippen LogP contribution in [0.3, 0.4) is 0 Å². The highest BCUT2D eigenvalue weighted by Gasteiger charge is 2.07. The third-order valence-corrected chi connectivity index (χ3v) is 2.86. The van der Waals surface area contributed by atoms with E-state index < -0.39 is 0 Å². The van der Waals surface area contributed by atoms with Crippen LogP contribution in [-0.2, 0) is 6.42 Å². The van der Waals surface area contributed by atoms with Gasteiger partial charge in [0.15, 0.2) is 0 Å². The molecule has 0 saturated heterocycles. The van der Waals surface area contributed by atoms with Gasteiger partial charge in [-0.3, -0.25) is 0 Å². The average Bonchev–Trinajstić information content (AvgIpc) is 2.11. The highest BCUT2D eigenvalue weighted by atomic mass is 79.9. The first-order chi connectivity index (χ1) is 6.13. The molecule has 0 aliphatic rings. The molecule has 0 aliphatic heterocycles. The van der Waals surface area contributed by atoms with Crippen molar-refractivity contribution in [1.82, 2.24) is 0 Å². The number of halogens is 3. The number of benzene rings is 1. The van der Waals surface area contributed by atoms with E-state index in [9.17, 15) is 4.39 Å². The Hall–Kier alpha value is -0.0800. The van der Waals surface area contributed by atoms with Gasteiger partial charge >= 0.3 is 0 Å². The van der Waals surface area contributed by atoms with Crippen molar-refractivity contribution in [2.45, 2.75) is 13.3 Å². The maximum Gasteiger partial charge on any atom is 0.126 e. The van der Waals surface area contributed by atoms with Gasteiger partial charge in [0.1, 0.15) is 5.82 Å². The lowest BCUT2D eigenvalue weighted by Gasteiger charge is -2.08. The molecule has 1 aromatic rings. The lowest BCUT2D eigenvalue weighted by molar-refractivity contribution is 0.576. The summed E-state index contributed by atoms with van der Waals surface area (Å²) in [4.78, 5) is 0. The molecule has 1 aromatic carbocycles. The third-order valence-electron chi connectivity index (χ3n) is 1.84. The predicted molar refractivity (Wildman–Crippen MR) is 57.7 cm³/mol. The van der Waals surface area contributed by atoms with E-state index in [-0.39, 0.29) is 5.82 Å². The molecule has 72 valence electrons. The Morgan fingerprint density at radius 3 is 2.85 bits per heavy atom. The number of hydrogen-bond acceptors (Lipinski definition) is 0. The van der Waals surface area contributed by atoms with Crippen LogP contribution in [0, 0.1) is 11.7 Å². The Balaban J connectivity index is 2.81. The summed E-state index contributed by atoms with van der Waals surface area (Å²) in [5, 5.41) is 0. The maximum atomic E-state index is 13.2. The standard InChI is InChI=1S/C10H11BrClF/c1-7(6-12)4-8-5-9(11)2-3-10(8)13/h2-3,5,7H,4,6H2,1H3. The van der Waals surface area contributed by atoms with Crippen LogP contribution in [0.15, 0.2) is 22.7 Å². The Morgan fingerprint density at radius 1 is 1.54 bits per heavy atom. The van der Waals surface area contributed by atoms with Crippen LogP contribution in [0.25, 0.3) is 0 Å². The first-order valence-corrected chi connectivity index (χ1v) is 5.46. The second-order valence-electron chi connectivity index (χ2n) is 3.20. The van der Waals surface area contributed by atoms with Gasteiger partial charge in [-0.15, -0.1) is 11.6 Å². The molecule has 0 nitrogen and oxygen atoms in total. The predicted octanol–water partition coefficient (Wildman–Crippen LogP) is 4.01. The van der Waals surface area contributed by atoms with Crippen molar-refractivity contribution in [2.75, 3.05) is 5.88 Å². The molecular formula is C10H11BrClF. The molecule has 0 amide bonds. The van der Waals surface area contributed by atoms with Crippen LogP contribution in [0.2, 0.25) is 0 Å². The molecule has 0 spiro atoms. The van der Waals surface area contributed by atoms with Gasteiger partial charge in [0.2, 0.25) is 0 Å². The molecule has 0 aromatic heterocycles. The topological polar surface area (TPSA) is 0 Å². The zero-order valence-electron chi connectivity index (χ0n) is 7.36. The van der Waals surface area contributed by atoms with E-state index in [0.29, 0.717) is 18.2 Å². The molecule has 13 heavy (non-hydrogen) atoms. The highest BCUT2D eigenvalue weighted by molar-refractivity contribution is 9.10. The van der Waals surface area contributed by atoms with Crippen LogP contribution in [0.5, 0.6) is 0 Å². The number of hydrogen-bond donors (Lipinski definition) is 0. The second-order valence-corrected chi connectivity index (χ2v) is 4.42. The van der Waals surface area contributed by atoms with Crippen LogP contribution in [0.1, 0.15) is 12.5 Å². The van der Waals surface area contributed by atoms with Gasteiger partial charge in [-0.25, -0.2) is 4.39 Å². The van der Waals surface area contributed by atoms with Gasteiger partial charge in [-0.2, -0.15) is 0 Å². The van der Waals surface area contributed by atoms with Crippen LogP contribution >= 0.6 is 27.5 Å². The lowest BCUT2D eigenvalue weighted by atomic mass is 10.0. The van der Waals surface area contributed by atoms with Gasteiger partial charge in [-0.05, 0) is 36.1 Å². The summed E-state index contributed by atoms with van der Waals surface area (Å²) in [5.41, 5.74) is 0.725. The molecule has 0 radical (unpaired) electrons. The fourth-order valence-electron chi connectivity index (χ4n) is 1.13. The third kappa shape index (κ3) is 3.28. The minimum Gasteiger partial charge on any atom is -0.207 e. The molecule has 1 atom stereocenters. The molecular weight excluding hydrogens is 254 g/mol. The van der Waals surface area contributed by atoms with E-state index in [2.05, 4.69) is 15.9 Å². The molecule has 1 rings (SSSR count). The van der Waals surface area contributed by atoms with Crippen LogP contribution in [-0.4, -0.2) is 5.88 Å². The fourth-order valence-corrected chi connectivity index (χ4v) is 1.65. The molecule has 0 bridgehead atoms. The van der Waals surface area contributed by atoms with Gasteiger partial charge in [0, 0.05) is 10.4 Å². The summed E-state index contributed by atoms with van der Waals surface area (Å²) in [6, 6.07) is 4.98. The summed E-state index contributed by atoms with van der Waals surface area (Å²) in [6.45, 7) is 2.01. The van der Waals surface area contributed by atoms with Crippen LogP contribution in [0.4, 0.5) is 4.39 Å². The molecule has 3 heteroatoms. The zero-order valence-corrected chi connectivity index (χ0v) is 9.70. The van der Waals surface area contributed by atoms with E-state index >= 15 is 0 Å². The monoisotopic (exact) mass is 264 g/mol. The summed E-state index contributed by atoms with van der Waals surface area (Å²) in [7, 11) is 0. The largest absolute Gasteiger partial charge is 0.207 e. The SMILES string of the molecule is CC(CCl)Cc1cc(Br)ccc1F. The quantitative estimate of drug-likeness (QED) is 0.725. The minimum atomic E-state index is -0.153. The van der Waals surface area contributed by atoms with Crippen molar-refractivity contribution in [3.63, 3.8) is 0 Å². The molecule has 0 heterocycles. The van der Waals surface area contributed by atoms with Crippen molar-refractivity contribution in [2.24, 2.45) is 5.92 Å².